The quantitative estimate of drug-likeness (QED) is 0.807. The minimum atomic E-state index is -0.282. The van der Waals surface area contributed by atoms with E-state index in [1.54, 1.807) is 25.3 Å². The van der Waals surface area contributed by atoms with Crippen LogP contribution in [0.15, 0.2) is 18.2 Å². The molecule has 1 aromatic carbocycles. The molecule has 0 aromatic heterocycles. The van der Waals surface area contributed by atoms with E-state index in [-0.39, 0.29) is 11.8 Å². The van der Waals surface area contributed by atoms with Gasteiger partial charge in [-0.25, -0.2) is 0 Å². The average molecular weight is 244 g/mol. The van der Waals surface area contributed by atoms with Gasteiger partial charge in [-0.05, 0) is 19.1 Å². The van der Waals surface area contributed by atoms with Crippen molar-refractivity contribution in [3.63, 3.8) is 0 Å². The van der Waals surface area contributed by atoms with E-state index >= 15 is 0 Å². The Morgan fingerprint density at radius 2 is 2.25 bits per heavy atom. The van der Waals surface area contributed by atoms with E-state index in [9.17, 15) is 4.79 Å². The molecular formula is C11H14ClNO3. The van der Waals surface area contributed by atoms with Crippen molar-refractivity contribution in [1.82, 2.24) is 0 Å². The molecule has 5 heteroatoms. The number of hydrogen-bond donors (Lipinski definition) is 1. The van der Waals surface area contributed by atoms with Gasteiger partial charge in [0.1, 0.15) is 17.4 Å². The van der Waals surface area contributed by atoms with Crippen molar-refractivity contribution >= 4 is 23.2 Å². The summed E-state index contributed by atoms with van der Waals surface area (Å²) in [6.07, 6.45) is 0. The summed E-state index contributed by atoms with van der Waals surface area (Å²) < 4.78 is 10.4. The van der Waals surface area contributed by atoms with Crippen molar-refractivity contribution < 1.29 is 14.3 Å². The van der Waals surface area contributed by atoms with Crippen LogP contribution in [-0.2, 0) is 4.79 Å². The van der Waals surface area contributed by atoms with Crippen LogP contribution in [0.5, 0.6) is 11.5 Å². The molecule has 4 nitrogen and oxygen atoms in total. The fourth-order valence-electron chi connectivity index (χ4n) is 1.20. The molecule has 1 amide bonds. The normalized spacial score (nSPS) is 9.69. The Hall–Kier alpha value is -1.42. The van der Waals surface area contributed by atoms with Gasteiger partial charge in [0.25, 0.3) is 0 Å². The lowest BCUT2D eigenvalue weighted by atomic mass is 10.2. The topological polar surface area (TPSA) is 47.6 Å². The molecule has 0 heterocycles. The van der Waals surface area contributed by atoms with Crippen molar-refractivity contribution in [3.8, 4) is 11.5 Å². The molecule has 88 valence electrons. The van der Waals surface area contributed by atoms with Crippen molar-refractivity contribution in [2.45, 2.75) is 6.92 Å². The largest absolute Gasteiger partial charge is 0.497 e. The standard InChI is InChI=1S/C11H14ClNO3/c1-3-16-10-5-4-8(15-2)6-9(10)13-11(14)7-12/h4-6H,3,7H2,1-2H3,(H,13,14). The molecule has 0 saturated heterocycles. The molecule has 1 N–H and O–H groups in total. The van der Waals surface area contributed by atoms with Crippen LogP contribution in [0.1, 0.15) is 6.92 Å². The Morgan fingerprint density at radius 1 is 1.50 bits per heavy atom. The molecule has 16 heavy (non-hydrogen) atoms. The zero-order valence-corrected chi connectivity index (χ0v) is 10.0. The molecule has 0 fully saturated rings. The number of carbonyl (C=O) groups excluding carboxylic acids is 1. The van der Waals surface area contributed by atoms with E-state index in [1.807, 2.05) is 6.92 Å². The van der Waals surface area contributed by atoms with E-state index in [4.69, 9.17) is 21.1 Å². The van der Waals surface area contributed by atoms with Crippen LogP contribution in [0, 0.1) is 0 Å². The van der Waals surface area contributed by atoms with Gasteiger partial charge in [-0.2, -0.15) is 0 Å². The highest BCUT2D eigenvalue weighted by atomic mass is 35.5. The maximum Gasteiger partial charge on any atom is 0.239 e. The van der Waals surface area contributed by atoms with Gasteiger partial charge in [0.15, 0.2) is 0 Å². The molecule has 0 aliphatic carbocycles. The van der Waals surface area contributed by atoms with E-state index in [1.165, 1.54) is 0 Å². The lowest BCUT2D eigenvalue weighted by Crippen LogP contribution is -2.13. The van der Waals surface area contributed by atoms with E-state index in [2.05, 4.69) is 5.32 Å². The number of anilines is 1. The zero-order chi connectivity index (χ0) is 12.0. The maximum absolute atomic E-state index is 11.2. The van der Waals surface area contributed by atoms with Gasteiger partial charge in [0.2, 0.25) is 5.91 Å². The number of methoxy groups -OCH3 is 1. The summed E-state index contributed by atoms with van der Waals surface area (Å²) in [5.41, 5.74) is 0.562. The van der Waals surface area contributed by atoms with Crippen LogP contribution in [0.3, 0.4) is 0 Å². The molecule has 0 atom stereocenters. The summed E-state index contributed by atoms with van der Waals surface area (Å²) in [5.74, 6) is 0.869. The summed E-state index contributed by atoms with van der Waals surface area (Å²) in [6, 6.07) is 5.20. The number of amides is 1. The fourth-order valence-corrected chi connectivity index (χ4v) is 1.27. The lowest BCUT2D eigenvalue weighted by molar-refractivity contribution is -0.113. The molecule has 1 rings (SSSR count). The van der Waals surface area contributed by atoms with E-state index in [0.717, 1.165) is 0 Å². The van der Waals surface area contributed by atoms with Crippen LogP contribution in [0.4, 0.5) is 5.69 Å². The first-order chi connectivity index (χ1) is 7.71. The molecule has 0 radical (unpaired) electrons. The second-order valence-corrected chi connectivity index (χ2v) is 3.24. The highest BCUT2D eigenvalue weighted by Gasteiger charge is 2.08. The number of alkyl halides is 1. The molecule has 0 unspecified atom stereocenters. The molecule has 0 saturated carbocycles. The van der Waals surface area contributed by atoms with E-state index < -0.39 is 0 Å². The Bertz CT molecular complexity index is 368. The predicted molar refractivity (Wildman–Crippen MR) is 63.5 cm³/mol. The fraction of sp³-hybridized carbons (Fsp3) is 0.364. The van der Waals surface area contributed by atoms with E-state index in [0.29, 0.717) is 23.8 Å². The monoisotopic (exact) mass is 243 g/mol. The van der Waals surface area contributed by atoms with Gasteiger partial charge in [0.05, 0.1) is 19.4 Å². The van der Waals surface area contributed by atoms with Crippen LogP contribution >= 0.6 is 11.6 Å². The maximum atomic E-state index is 11.2. The van der Waals surface area contributed by atoms with Gasteiger partial charge in [0, 0.05) is 6.07 Å². The molecule has 1 aromatic rings. The molecule has 0 aliphatic rings. The number of rotatable bonds is 5. The van der Waals surface area contributed by atoms with Crippen LogP contribution in [-0.4, -0.2) is 25.5 Å². The summed E-state index contributed by atoms with van der Waals surface area (Å²) in [7, 11) is 1.56. The van der Waals surface area contributed by atoms with Crippen LogP contribution < -0.4 is 14.8 Å². The highest BCUT2D eigenvalue weighted by Crippen LogP contribution is 2.29. The number of nitrogens with one attached hydrogen (secondary N) is 1. The van der Waals surface area contributed by atoms with Gasteiger partial charge in [-0.15, -0.1) is 11.6 Å². The van der Waals surface area contributed by atoms with Crippen LogP contribution in [0.25, 0.3) is 0 Å². The average Bonchev–Trinajstić information content (AvgIpc) is 2.31. The summed E-state index contributed by atoms with van der Waals surface area (Å²) in [5, 5.41) is 2.64. The summed E-state index contributed by atoms with van der Waals surface area (Å²) in [4.78, 5) is 11.2. The Morgan fingerprint density at radius 3 is 2.81 bits per heavy atom. The second kappa shape index (κ2) is 6.23. The first-order valence-electron chi connectivity index (χ1n) is 4.88. The number of ether oxygens (including phenoxy) is 2. The zero-order valence-electron chi connectivity index (χ0n) is 9.25. The number of hydrogen-bond acceptors (Lipinski definition) is 3. The summed E-state index contributed by atoms with van der Waals surface area (Å²) in [6.45, 7) is 2.40. The predicted octanol–water partition coefficient (Wildman–Crippen LogP) is 2.27. The van der Waals surface area contributed by atoms with Crippen molar-refractivity contribution in [2.75, 3.05) is 24.9 Å². The third-order valence-corrected chi connectivity index (χ3v) is 2.12. The second-order valence-electron chi connectivity index (χ2n) is 2.98. The number of benzene rings is 1. The van der Waals surface area contributed by atoms with Gasteiger partial charge < -0.3 is 14.8 Å². The molecular weight excluding hydrogens is 230 g/mol. The number of carbonyl (C=O) groups is 1. The third kappa shape index (κ3) is 3.31. The van der Waals surface area contributed by atoms with Crippen molar-refractivity contribution in [2.24, 2.45) is 0 Å². The smallest absolute Gasteiger partial charge is 0.239 e. The van der Waals surface area contributed by atoms with Crippen molar-refractivity contribution in [3.05, 3.63) is 18.2 Å². The van der Waals surface area contributed by atoms with Crippen LogP contribution in [0.2, 0.25) is 0 Å². The lowest BCUT2D eigenvalue weighted by Gasteiger charge is -2.12. The first kappa shape index (κ1) is 12.6. The Kier molecular flexibility index (Phi) is 4.92. The molecule has 0 spiro atoms. The molecule has 0 bridgehead atoms. The third-order valence-electron chi connectivity index (χ3n) is 1.88. The van der Waals surface area contributed by atoms with Crippen molar-refractivity contribution in [1.29, 1.82) is 0 Å². The minimum absolute atomic E-state index is 0.0945. The highest BCUT2D eigenvalue weighted by molar-refractivity contribution is 6.29. The summed E-state index contributed by atoms with van der Waals surface area (Å²) >= 11 is 5.42. The SMILES string of the molecule is CCOc1ccc(OC)cc1NC(=O)CCl. The first-order valence-corrected chi connectivity index (χ1v) is 5.41. The Labute approximate surface area is 99.5 Å². The Balaban J connectivity index is 2.95. The van der Waals surface area contributed by atoms with Gasteiger partial charge in [-0.3, -0.25) is 4.79 Å². The molecule has 0 aliphatic heterocycles. The number of halogens is 1. The minimum Gasteiger partial charge on any atom is -0.497 e. The van der Waals surface area contributed by atoms with Gasteiger partial charge in [-0.1, -0.05) is 0 Å². The van der Waals surface area contributed by atoms with Gasteiger partial charge >= 0.3 is 0 Å².